The topological polar surface area (TPSA) is 78.9 Å². The fraction of sp³-hybridized carbons (Fsp3) is 0.435. The lowest BCUT2D eigenvalue weighted by Crippen LogP contribution is -2.44. The molecule has 0 aliphatic carbocycles. The Labute approximate surface area is 179 Å². The third-order valence-electron chi connectivity index (χ3n) is 4.54. The van der Waals surface area contributed by atoms with Crippen molar-refractivity contribution in [3.63, 3.8) is 0 Å². The van der Waals surface area contributed by atoms with E-state index < -0.39 is 0 Å². The van der Waals surface area contributed by atoms with Crippen molar-refractivity contribution in [2.24, 2.45) is 4.99 Å². The van der Waals surface area contributed by atoms with Crippen LogP contribution in [0.1, 0.15) is 30.7 Å². The minimum atomic E-state index is 0.00174. The zero-order chi connectivity index (χ0) is 21.8. The van der Waals surface area contributed by atoms with Gasteiger partial charge < -0.3 is 20.3 Å². The Balaban J connectivity index is 1.90. The molecule has 0 saturated heterocycles. The average molecular weight is 412 g/mol. The van der Waals surface area contributed by atoms with Gasteiger partial charge in [0.25, 0.3) is 0 Å². The second-order valence-corrected chi connectivity index (χ2v) is 6.98. The van der Waals surface area contributed by atoms with E-state index in [0.29, 0.717) is 32.2 Å². The number of ether oxygens (including phenoxy) is 1. The molecule has 0 radical (unpaired) electrons. The van der Waals surface area contributed by atoms with E-state index in [1.807, 2.05) is 57.2 Å². The van der Waals surface area contributed by atoms with E-state index in [4.69, 9.17) is 4.74 Å². The van der Waals surface area contributed by atoms with E-state index >= 15 is 0 Å². The van der Waals surface area contributed by atoms with Crippen molar-refractivity contribution in [1.29, 1.82) is 0 Å². The van der Waals surface area contributed by atoms with Gasteiger partial charge in [-0.25, -0.2) is 4.99 Å². The molecule has 162 valence electrons. The summed E-state index contributed by atoms with van der Waals surface area (Å²) in [6.45, 7) is 8.58. The molecule has 30 heavy (non-hydrogen) atoms. The summed E-state index contributed by atoms with van der Waals surface area (Å²) in [6, 6.07) is 11.9. The van der Waals surface area contributed by atoms with Crippen molar-refractivity contribution < 1.29 is 9.53 Å². The summed E-state index contributed by atoms with van der Waals surface area (Å²) in [7, 11) is 1.80. The quantitative estimate of drug-likeness (QED) is 0.464. The number of amides is 1. The van der Waals surface area contributed by atoms with Crippen LogP contribution >= 0.6 is 0 Å². The summed E-state index contributed by atoms with van der Waals surface area (Å²) < 4.78 is 5.73. The smallest absolute Gasteiger partial charge is 0.241 e. The van der Waals surface area contributed by atoms with Crippen LogP contribution in [0, 0.1) is 6.92 Å². The van der Waals surface area contributed by atoms with Crippen LogP contribution in [0.4, 0.5) is 0 Å². The van der Waals surface area contributed by atoms with Gasteiger partial charge in [-0.2, -0.15) is 0 Å². The molecule has 0 bridgehead atoms. The third kappa shape index (κ3) is 7.73. The lowest BCUT2D eigenvalue weighted by atomic mass is 10.1. The normalized spacial score (nSPS) is 11.1. The number of rotatable bonds is 10. The second kappa shape index (κ2) is 12.5. The molecule has 1 aromatic heterocycles. The number of carbonyl (C=O) groups excluding carboxylic acids is 1. The summed E-state index contributed by atoms with van der Waals surface area (Å²) >= 11 is 0. The number of nitrogens with zero attached hydrogens (tertiary/aromatic N) is 3. The van der Waals surface area contributed by atoms with Crippen LogP contribution in [0.2, 0.25) is 0 Å². The lowest BCUT2D eigenvalue weighted by molar-refractivity contribution is -0.128. The van der Waals surface area contributed by atoms with Gasteiger partial charge in [0, 0.05) is 44.0 Å². The highest BCUT2D eigenvalue weighted by molar-refractivity contribution is 5.86. The van der Waals surface area contributed by atoms with Crippen LogP contribution < -0.4 is 15.4 Å². The number of aliphatic imine (C=N–C) groups is 1. The molecule has 0 aliphatic heterocycles. The molecule has 2 rings (SSSR count). The van der Waals surface area contributed by atoms with Gasteiger partial charge in [-0.05, 0) is 44.5 Å². The molecule has 1 amide bonds. The van der Waals surface area contributed by atoms with Crippen LogP contribution in [0.25, 0.3) is 0 Å². The van der Waals surface area contributed by atoms with Crippen molar-refractivity contribution in [3.05, 3.63) is 59.4 Å². The Bertz CT molecular complexity index is 824. The van der Waals surface area contributed by atoms with Crippen LogP contribution in [-0.2, 0) is 17.8 Å². The minimum absolute atomic E-state index is 0.00174. The number of guanidine groups is 1. The number of pyridine rings is 1. The highest BCUT2D eigenvalue weighted by Gasteiger charge is 2.10. The standard InChI is InChI=1S/C23H33N5O2/c1-5-24-23(26-16-19-11-10-18(3)15-21(19)30-6-2)27-17-22(29)28(4)14-12-20-9-7-8-13-25-20/h7-11,13,15H,5-6,12,14,16-17H2,1-4H3,(H2,24,26,27). The van der Waals surface area contributed by atoms with E-state index in [0.717, 1.165) is 29.0 Å². The maximum absolute atomic E-state index is 12.5. The summed E-state index contributed by atoms with van der Waals surface area (Å²) in [5, 5.41) is 6.31. The molecule has 0 aliphatic rings. The first-order valence-corrected chi connectivity index (χ1v) is 10.4. The van der Waals surface area contributed by atoms with Gasteiger partial charge in [-0.1, -0.05) is 18.2 Å². The van der Waals surface area contributed by atoms with Gasteiger partial charge in [0.1, 0.15) is 5.75 Å². The highest BCUT2D eigenvalue weighted by atomic mass is 16.5. The average Bonchev–Trinajstić information content (AvgIpc) is 2.75. The zero-order valence-corrected chi connectivity index (χ0v) is 18.4. The number of nitrogens with one attached hydrogen (secondary N) is 2. The largest absolute Gasteiger partial charge is 0.494 e. The second-order valence-electron chi connectivity index (χ2n) is 6.98. The first-order chi connectivity index (χ1) is 14.5. The molecule has 0 saturated carbocycles. The first-order valence-electron chi connectivity index (χ1n) is 10.4. The van der Waals surface area contributed by atoms with Crippen molar-refractivity contribution in [1.82, 2.24) is 20.5 Å². The summed E-state index contributed by atoms with van der Waals surface area (Å²) in [5.41, 5.74) is 3.14. The molecule has 0 fully saturated rings. The molecular weight excluding hydrogens is 378 g/mol. The Morgan fingerprint density at radius 2 is 2.03 bits per heavy atom. The maximum Gasteiger partial charge on any atom is 0.241 e. The molecule has 7 nitrogen and oxygen atoms in total. The zero-order valence-electron chi connectivity index (χ0n) is 18.4. The highest BCUT2D eigenvalue weighted by Crippen LogP contribution is 2.21. The summed E-state index contributed by atoms with van der Waals surface area (Å²) in [5.74, 6) is 1.45. The van der Waals surface area contributed by atoms with Gasteiger partial charge in [0.2, 0.25) is 5.91 Å². The van der Waals surface area contributed by atoms with Gasteiger partial charge >= 0.3 is 0 Å². The van der Waals surface area contributed by atoms with Gasteiger partial charge in [0.05, 0.1) is 19.7 Å². The van der Waals surface area contributed by atoms with Crippen LogP contribution in [-0.4, -0.2) is 55.0 Å². The fourth-order valence-corrected chi connectivity index (χ4v) is 2.84. The monoisotopic (exact) mass is 411 g/mol. The van der Waals surface area contributed by atoms with Crippen LogP contribution in [0.15, 0.2) is 47.6 Å². The molecule has 0 unspecified atom stereocenters. The molecule has 1 aromatic carbocycles. The number of hydrogen-bond acceptors (Lipinski definition) is 4. The maximum atomic E-state index is 12.5. The molecule has 2 aromatic rings. The molecule has 2 N–H and O–H groups in total. The molecule has 0 spiro atoms. The lowest BCUT2D eigenvalue weighted by Gasteiger charge is -2.18. The van der Waals surface area contributed by atoms with E-state index in [9.17, 15) is 4.79 Å². The third-order valence-corrected chi connectivity index (χ3v) is 4.54. The number of hydrogen-bond donors (Lipinski definition) is 2. The predicted molar refractivity (Wildman–Crippen MR) is 121 cm³/mol. The van der Waals surface area contributed by atoms with Crippen molar-refractivity contribution in [2.75, 3.05) is 33.3 Å². The van der Waals surface area contributed by atoms with Crippen molar-refractivity contribution in [3.8, 4) is 5.75 Å². The van der Waals surface area contributed by atoms with E-state index in [2.05, 4.69) is 20.6 Å². The first kappa shape index (κ1) is 23.2. The van der Waals surface area contributed by atoms with Gasteiger partial charge in [-0.15, -0.1) is 0 Å². The van der Waals surface area contributed by atoms with E-state index in [1.165, 1.54) is 0 Å². The number of aromatic nitrogens is 1. The van der Waals surface area contributed by atoms with Crippen LogP contribution in [0.3, 0.4) is 0 Å². The number of benzene rings is 1. The Hall–Kier alpha value is -3.09. The Kier molecular flexibility index (Phi) is 9.64. The van der Waals surface area contributed by atoms with Crippen LogP contribution in [0.5, 0.6) is 5.75 Å². The van der Waals surface area contributed by atoms with E-state index in [-0.39, 0.29) is 12.5 Å². The SMILES string of the molecule is CCNC(=NCc1ccc(C)cc1OCC)NCC(=O)N(C)CCc1ccccn1. The number of carbonyl (C=O) groups is 1. The predicted octanol–water partition coefficient (Wildman–Crippen LogP) is 2.54. The van der Waals surface area contributed by atoms with Gasteiger partial charge in [0.15, 0.2) is 5.96 Å². The van der Waals surface area contributed by atoms with Crippen molar-refractivity contribution >= 4 is 11.9 Å². The molecular formula is C23H33N5O2. The molecule has 7 heteroatoms. The van der Waals surface area contributed by atoms with E-state index in [1.54, 1.807) is 18.1 Å². The number of likely N-dealkylation sites (N-methyl/N-ethyl adjacent to an activating group) is 1. The Morgan fingerprint density at radius 1 is 1.20 bits per heavy atom. The minimum Gasteiger partial charge on any atom is -0.494 e. The fourth-order valence-electron chi connectivity index (χ4n) is 2.84. The van der Waals surface area contributed by atoms with Crippen molar-refractivity contribution in [2.45, 2.75) is 33.7 Å². The van der Waals surface area contributed by atoms with Gasteiger partial charge in [-0.3, -0.25) is 9.78 Å². The number of aryl methyl sites for hydroxylation is 1. The summed E-state index contributed by atoms with van der Waals surface area (Å²) in [6.07, 6.45) is 2.49. The summed E-state index contributed by atoms with van der Waals surface area (Å²) in [4.78, 5) is 23.1. The Morgan fingerprint density at radius 3 is 2.73 bits per heavy atom. The molecule has 1 heterocycles. The molecule has 0 atom stereocenters.